The fourth-order valence-corrected chi connectivity index (χ4v) is 4.16. The molecule has 1 aliphatic rings. The van der Waals surface area contributed by atoms with Crippen molar-refractivity contribution in [1.29, 1.82) is 0 Å². The number of sulfonamides is 1. The van der Waals surface area contributed by atoms with Gasteiger partial charge in [0.25, 0.3) is 11.8 Å². The first kappa shape index (κ1) is 16.8. The third-order valence-electron chi connectivity index (χ3n) is 3.76. The van der Waals surface area contributed by atoms with Crippen molar-refractivity contribution < 1.29 is 18.0 Å². The molecule has 0 bridgehead atoms. The lowest BCUT2D eigenvalue weighted by Crippen LogP contribution is -2.37. The van der Waals surface area contributed by atoms with Gasteiger partial charge in [0, 0.05) is 18.0 Å². The van der Waals surface area contributed by atoms with Gasteiger partial charge < -0.3 is 0 Å². The molecule has 2 amide bonds. The quantitative estimate of drug-likeness (QED) is 0.792. The minimum Gasteiger partial charge on any atom is -0.273 e. The third kappa shape index (κ3) is 3.40. The summed E-state index contributed by atoms with van der Waals surface area (Å²) < 4.78 is 26.6. The number of amides is 2. The van der Waals surface area contributed by atoms with Crippen LogP contribution in [0.25, 0.3) is 0 Å². The predicted octanol–water partition coefficient (Wildman–Crippen LogP) is 1.77. The molecule has 6 nitrogen and oxygen atoms in total. The van der Waals surface area contributed by atoms with Gasteiger partial charge in [0.2, 0.25) is 10.0 Å². The summed E-state index contributed by atoms with van der Waals surface area (Å²) in [4.78, 5) is 26.5. The maximum atomic E-state index is 12.3. The monoisotopic (exact) mass is 364 g/mol. The number of nitrogens with one attached hydrogen (secondary N) is 1. The average Bonchev–Trinajstić information content (AvgIpc) is 3.13. The van der Waals surface area contributed by atoms with Crippen LogP contribution in [0.3, 0.4) is 0 Å². The van der Waals surface area contributed by atoms with Crippen molar-refractivity contribution in [3.05, 3.63) is 57.3 Å². The summed E-state index contributed by atoms with van der Waals surface area (Å²) in [6.45, 7) is 1.88. The van der Waals surface area contributed by atoms with Crippen LogP contribution in [-0.2, 0) is 16.6 Å². The second-order valence-corrected chi connectivity index (χ2v) is 8.49. The summed E-state index contributed by atoms with van der Waals surface area (Å²) in [6.07, 6.45) is 0. The highest BCUT2D eigenvalue weighted by atomic mass is 32.2. The summed E-state index contributed by atoms with van der Waals surface area (Å²) in [6, 6.07) is 8.69. The topological polar surface area (TPSA) is 83.6 Å². The average molecular weight is 364 g/mol. The number of carbonyl (C=O) groups excluding carboxylic acids is 2. The molecule has 24 heavy (non-hydrogen) atoms. The lowest BCUT2D eigenvalue weighted by Gasteiger charge is -2.14. The molecule has 0 spiro atoms. The Morgan fingerprint density at radius 2 is 1.88 bits per heavy atom. The maximum absolute atomic E-state index is 12.3. The largest absolute Gasteiger partial charge is 0.273 e. The van der Waals surface area contributed by atoms with E-state index in [-0.39, 0.29) is 18.8 Å². The Bertz CT molecular complexity index is 889. The number of thiophene rings is 1. The molecule has 0 saturated heterocycles. The molecule has 3 rings (SSSR count). The van der Waals surface area contributed by atoms with Crippen LogP contribution < -0.4 is 4.72 Å². The van der Waals surface area contributed by atoms with Crippen molar-refractivity contribution in [3.63, 3.8) is 0 Å². The van der Waals surface area contributed by atoms with Crippen LogP contribution in [0.1, 0.15) is 31.2 Å². The van der Waals surface area contributed by atoms with Crippen LogP contribution in [-0.4, -0.2) is 37.4 Å². The van der Waals surface area contributed by atoms with Gasteiger partial charge in [-0.05, 0) is 30.5 Å². The first-order chi connectivity index (χ1) is 11.4. The SMILES string of the molecule is Cc1ccc2c(c1)C(=O)N(CCS(=O)(=O)NCc1cccs1)C2=O. The number of aryl methyl sites for hydroxylation is 1. The molecule has 0 fully saturated rings. The van der Waals surface area contributed by atoms with E-state index >= 15 is 0 Å². The molecular weight excluding hydrogens is 348 g/mol. The fourth-order valence-electron chi connectivity index (χ4n) is 2.49. The van der Waals surface area contributed by atoms with Gasteiger partial charge in [-0.1, -0.05) is 17.7 Å². The van der Waals surface area contributed by atoms with Gasteiger partial charge in [0.15, 0.2) is 0 Å². The molecule has 0 atom stereocenters. The number of imide groups is 1. The van der Waals surface area contributed by atoms with E-state index in [1.165, 1.54) is 11.3 Å². The Balaban J connectivity index is 1.64. The van der Waals surface area contributed by atoms with E-state index in [4.69, 9.17) is 0 Å². The summed E-state index contributed by atoms with van der Waals surface area (Å²) in [5.41, 5.74) is 1.54. The number of hydrogen-bond donors (Lipinski definition) is 1. The van der Waals surface area contributed by atoms with Crippen LogP contribution in [0, 0.1) is 6.92 Å². The van der Waals surface area contributed by atoms with Crippen LogP contribution in [0.2, 0.25) is 0 Å². The van der Waals surface area contributed by atoms with Gasteiger partial charge in [-0.25, -0.2) is 13.1 Å². The molecule has 1 aliphatic heterocycles. The second-order valence-electron chi connectivity index (χ2n) is 5.53. The highest BCUT2D eigenvalue weighted by Crippen LogP contribution is 2.23. The number of benzene rings is 1. The number of nitrogens with zero attached hydrogens (tertiary/aromatic N) is 1. The van der Waals surface area contributed by atoms with Gasteiger partial charge in [0.05, 0.1) is 16.9 Å². The van der Waals surface area contributed by atoms with E-state index in [0.29, 0.717) is 11.1 Å². The minimum atomic E-state index is -3.58. The van der Waals surface area contributed by atoms with Crippen molar-refractivity contribution in [2.45, 2.75) is 13.5 Å². The molecule has 0 aliphatic carbocycles. The zero-order valence-corrected chi connectivity index (χ0v) is 14.6. The summed E-state index contributed by atoms with van der Waals surface area (Å²) in [5, 5.41) is 1.87. The third-order valence-corrected chi connectivity index (χ3v) is 5.94. The van der Waals surface area contributed by atoms with Crippen molar-refractivity contribution in [1.82, 2.24) is 9.62 Å². The zero-order valence-electron chi connectivity index (χ0n) is 13.0. The Kier molecular flexibility index (Phi) is 4.53. The smallest absolute Gasteiger partial charge is 0.261 e. The molecule has 1 aromatic heterocycles. The number of hydrogen-bond acceptors (Lipinski definition) is 5. The predicted molar refractivity (Wildman–Crippen MR) is 91.5 cm³/mol. The lowest BCUT2D eigenvalue weighted by molar-refractivity contribution is 0.0664. The molecule has 8 heteroatoms. The van der Waals surface area contributed by atoms with E-state index in [9.17, 15) is 18.0 Å². The number of rotatable bonds is 6. The van der Waals surface area contributed by atoms with Gasteiger partial charge >= 0.3 is 0 Å². The summed E-state index contributed by atoms with van der Waals surface area (Å²) in [5.74, 6) is -1.20. The molecule has 0 unspecified atom stereocenters. The molecule has 2 aromatic rings. The first-order valence-corrected chi connectivity index (χ1v) is 9.87. The van der Waals surface area contributed by atoms with E-state index in [2.05, 4.69) is 4.72 Å². The van der Waals surface area contributed by atoms with Crippen molar-refractivity contribution in [3.8, 4) is 0 Å². The van der Waals surface area contributed by atoms with E-state index in [1.807, 2.05) is 24.4 Å². The Morgan fingerprint density at radius 3 is 2.58 bits per heavy atom. The molecule has 1 aromatic carbocycles. The van der Waals surface area contributed by atoms with Crippen LogP contribution >= 0.6 is 11.3 Å². The molecule has 126 valence electrons. The zero-order chi connectivity index (χ0) is 17.3. The van der Waals surface area contributed by atoms with E-state index in [1.54, 1.807) is 18.2 Å². The summed E-state index contributed by atoms with van der Waals surface area (Å²) in [7, 11) is -3.58. The Hall–Kier alpha value is -2.03. The van der Waals surface area contributed by atoms with Crippen LogP contribution in [0.4, 0.5) is 0 Å². The van der Waals surface area contributed by atoms with Crippen molar-refractivity contribution in [2.75, 3.05) is 12.3 Å². The maximum Gasteiger partial charge on any atom is 0.261 e. The van der Waals surface area contributed by atoms with Crippen molar-refractivity contribution in [2.24, 2.45) is 0 Å². The minimum absolute atomic E-state index is 0.162. The van der Waals surface area contributed by atoms with Gasteiger partial charge in [-0.15, -0.1) is 11.3 Å². The number of fused-ring (bicyclic) bond motifs is 1. The second kappa shape index (κ2) is 6.46. The molecule has 0 radical (unpaired) electrons. The molecule has 2 heterocycles. The molecule has 0 saturated carbocycles. The molecule has 1 N–H and O–H groups in total. The van der Waals surface area contributed by atoms with Crippen LogP contribution in [0.15, 0.2) is 35.7 Å². The van der Waals surface area contributed by atoms with Crippen LogP contribution in [0.5, 0.6) is 0 Å². The van der Waals surface area contributed by atoms with Crippen molar-refractivity contribution >= 4 is 33.2 Å². The summed E-state index contributed by atoms with van der Waals surface area (Å²) >= 11 is 1.46. The Labute approximate surface area is 144 Å². The first-order valence-electron chi connectivity index (χ1n) is 7.34. The van der Waals surface area contributed by atoms with Gasteiger partial charge in [0.1, 0.15) is 0 Å². The lowest BCUT2D eigenvalue weighted by atomic mass is 10.1. The van der Waals surface area contributed by atoms with E-state index < -0.39 is 21.8 Å². The normalized spacial score (nSPS) is 14.3. The van der Waals surface area contributed by atoms with Gasteiger partial charge in [-0.3, -0.25) is 14.5 Å². The highest BCUT2D eigenvalue weighted by molar-refractivity contribution is 7.89. The fraction of sp³-hybridized carbons (Fsp3) is 0.250. The highest BCUT2D eigenvalue weighted by Gasteiger charge is 2.35. The Morgan fingerprint density at radius 1 is 1.12 bits per heavy atom. The van der Waals surface area contributed by atoms with E-state index in [0.717, 1.165) is 15.3 Å². The number of carbonyl (C=O) groups is 2. The molecular formula is C16H16N2O4S2. The van der Waals surface area contributed by atoms with Gasteiger partial charge in [-0.2, -0.15) is 0 Å². The standard InChI is InChI=1S/C16H16N2O4S2/c1-11-4-5-13-14(9-11)16(20)18(15(13)19)6-8-24(21,22)17-10-12-3-2-7-23-12/h2-5,7,9,17H,6,8,10H2,1H3.